The van der Waals surface area contributed by atoms with Gasteiger partial charge in [-0.05, 0) is 95.2 Å². The fourth-order valence-electron chi connectivity index (χ4n) is 4.46. The molecule has 1 heterocycles. The van der Waals surface area contributed by atoms with E-state index in [-0.39, 0.29) is 18.3 Å². The van der Waals surface area contributed by atoms with Gasteiger partial charge in [-0.1, -0.05) is 48.5 Å². The third kappa shape index (κ3) is 3.87. The van der Waals surface area contributed by atoms with Crippen molar-refractivity contribution in [3.05, 3.63) is 82.9 Å². The highest BCUT2D eigenvalue weighted by molar-refractivity contribution is 6.62. The molecule has 0 spiro atoms. The van der Waals surface area contributed by atoms with Gasteiger partial charge in [0.2, 0.25) is 0 Å². The Morgan fingerprint density at radius 2 is 1.03 bits per heavy atom. The van der Waals surface area contributed by atoms with Gasteiger partial charge in [-0.3, -0.25) is 0 Å². The predicted molar refractivity (Wildman–Crippen MR) is 136 cm³/mol. The van der Waals surface area contributed by atoms with E-state index in [1.54, 1.807) is 0 Å². The number of rotatable bonds is 4. The normalized spacial score (nSPS) is 16.9. The van der Waals surface area contributed by atoms with Gasteiger partial charge in [-0.15, -0.1) is 0 Å². The molecule has 1 fully saturated rings. The van der Waals surface area contributed by atoms with Crippen molar-refractivity contribution in [3.8, 4) is 0 Å². The van der Waals surface area contributed by atoms with Crippen molar-refractivity contribution in [1.29, 1.82) is 0 Å². The van der Waals surface area contributed by atoms with Crippen LogP contribution in [0.2, 0.25) is 0 Å². The molecule has 4 heteroatoms. The fourth-order valence-corrected chi connectivity index (χ4v) is 4.46. The predicted octanol–water partition coefficient (Wildman–Crippen LogP) is 6.69. The van der Waals surface area contributed by atoms with Crippen LogP contribution in [0.25, 0.3) is 0 Å². The van der Waals surface area contributed by atoms with Gasteiger partial charge in [0.15, 0.2) is 0 Å². The van der Waals surface area contributed by atoms with E-state index in [1.807, 2.05) is 0 Å². The number of aryl methyl sites for hydroxylation is 4. The maximum Gasteiger partial charge on any atom is 0.494 e. The zero-order valence-electron chi connectivity index (χ0n) is 20.6. The summed E-state index contributed by atoms with van der Waals surface area (Å²) in [6.45, 7) is 17.1. The highest BCUT2D eigenvalue weighted by atomic mass is 16.7. The second kappa shape index (κ2) is 8.10. The van der Waals surface area contributed by atoms with Gasteiger partial charge >= 0.3 is 7.12 Å². The van der Waals surface area contributed by atoms with Gasteiger partial charge in [0.25, 0.3) is 0 Å². The lowest BCUT2D eigenvalue weighted by molar-refractivity contribution is 0.00578. The van der Waals surface area contributed by atoms with Crippen molar-refractivity contribution in [1.82, 2.24) is 0 Å². The Hall–Kier alpha value is -2.56. The summed E-state index contributed by atoms with van der Waals surface area (Å²) in [7, 11) is -0.364. The number of benzene rings is 3. The molecule has 0 saturated carbocycles. The molecule has 0 aliphatic carbocycles. The van der Waals surface area contributed by atoms with Crippen LogP contribution in [0.1, 0.15) is 49.9 Å². The van der Waals surface area contributed by atoms with Crippen molar-refractivity contribution in [3.63, 3.8) is 0 Å². The molecule has 1 saturated heterocycles. The van der Waals surface area contributed by atoms with Crippen molar-refractivity contribution in [2.75, 3.05) is 4.90 Å². The van der Waals surface area contributed by atoms with E-state index in [2.05, 4.69) is 121 Å². The van der Waals surface area contributed by atoms with Crippen LogP contribution in [0, 0.1) is 27.7 Å². The Balaban J connectivity index is 1.85. The Bertz CT molecular complexity index is 1070. The molecule has 3 nitrogen and oxygen atoms in total. The highest BCUT2D eigenvalue weighted by Gasteiger charge is 2.51. The average molecular weight is 427 g/mol. The summed E-state index contributed by atoms with van der Waals surface area (Å²) < 4.78 is 12.7. The summed E-state index contributed by atoms with van der Waals surface area (Å²) in [5, 5.41) is 0. The standard InChI is InChI=1S/C28H34BNO2/c1-19-13-9-11-15-24(19)30(25-16-12-10-14-20(25)2)26-21(3)17-23(18-22(26)4)29-31-27(5,6)28(7,8)32-29/h9-18H,1-8H3. The number of hydrogen-bond acceptors (Lipinski definition) is 3. The van der Waals surface area contributed by atoms with E-state index < -0.39 is 0 Å². The maximum atomic E-state index is 6.33. The first-order valence-corrected chi connectivity index (χ1v) is 11.4. The molecule has 3 aromatic rings. The monoisotopic (exact) mass is 427 g/mol. The SMILES string of the molecule is Cc1ccccc1N(c1ccccc1C)c1c(C)cc(B2OC(C)(C)C(C)(C)O2)cc1C. The minimum Gasteiger partial charge on any atom is -0.399 e. The average Bonchev–Trinajstić information content (AvgIpc) is 2.93. The molecule has 0 amide bonds. The topological polar surface area (TPSA) is 21.7 Å². The molecule has 4 rings (SSSR count). The van der Waals surface area contributed by atoms with Crippen LogP contribution in [0.5, 0.6) is 0 Å². The molecule has 0 atom stereocenters. The third-order valence-electron chi connectivity index (χ3n) is 6.98. The number of hydrogen-bond donors (Lipinski definition) is 0. The molecule has 0 N–H and O–H groups in total. The van der Waals surface area contributed by atoms with E-state index in [0.29, 0.717) is 0 Å². The van der Waals surface area contributed by atoms with Gasteiger partial charge in [0.1, 0.15) is 0 Å². The Morgan fingerprint density at radius 1 is 0.625 bits per heavy atom. The number of anilines is 3. The van der Waals surface area contributed by atoms with E-state index in [1.165, 1.54) is 39.3 Å². The van der Waals surface area contributed by atoms with Gasteiger partial charge in [-0.25, -0.2) is 0 Å². The lowest BCUT2D eigenvalue weighted by atomic mass is 9.77. The quantitative estimate of drug-likeness (QED) is 0.433. The zero-order chi connectivity index (χ0) is 23.3. The van der Waals surface area contributed by atoms with Crippen LogP contribution < -0.4 is 10.4 Å². The van der Waals surface area contributed by atoms with Crippen molar-refractivity contribution in [2.24, 2.45) is 0 Å². The lowest BCUT2D eigenvalue weighted by Gasteiger charge is -2.32. The number of nitrogens with zero attached hydrogens (tertiary/aromatic N) is 1. The molecule has 3 aromatic carbocycles. The molecule has 1 aliphatic heterocycles. The minimum atomic E-state index is -0.364. The van der Waals surface area contributed by atoms with E-state index in [9.17, 15) is 0 Å². The zero-order valence-corrected chi connectivity index (χ0v) is 20.6. The molecule has 0 radical (unpaired) electrons. The smallest absolute Gasteiger partial charge is 0.399 e. The van der Waals surface area contributed by atoms with Crippen LogP contribution in [-0.4, -0.2) is 18.3 Å². The van der Waals surface area contributed by atoms with Gasteiger partial charge in [0.05, 0.1) is 16.9 Å². The summed E-state index contributed by atoms with van der Waals surface area (Å²) in [6.07, 6.45) is 0. The van der Waals surface area contributed by atoms with Gasteiger partial charge < -0.3 is 14.2 Å². The molecular weight excluding hydrogens is 393 g/mol. The summed E-state index contributed by atoms with van der Waals surface area (Å²) in [4.78, 5) is 2.39. The lowest BCUT2D eigenvalue weighted by Crippen LogP contribution is -2.41. The van der Waals surface area contributed by atoms with E-state index >= 15 is 0 Å². The van der Waals surface area contributed by atoms with Crippen LogP contribution in [0.4, 0.5) is 17.1 Å². The molecule has 1 aliphatic rings. The summed E-state index contributed by atoms with van der Waals surface area (Å²) in [6, 6.07) is 21.6. The summed E-state index contributed by atoms with van der Waals surface area (Å²) in [5.74, 6) is 0. The highest BCUT2D eigenvalue weighted by Crippen LogP contribution is 2.42. The van der Waals surface area contributed by atoms with Crippen LogP contribution in [-0.2, 0) is 9.31 Å². The minimum absolute atomic E-state index is 0.355. The van der Waals surface area contributed by atoms with Gasteiger partial charge in [-0.2, -0.15) is 0 Å². The third-order valence-corrected chi connectivity index (χ3v) is 6.98. The molecule has 32 heavy (non-hydrogen) atoms. The summed E-state index contributed by atoms with van der Waals surface area (Å²) >= 11 is 0. The molecular formula is C28H34BNO2. The fraction of sp³-hybridized carbons (Fsp3) is 0.357. The summed E-state index contributed by atoms with van der Waals surface area (Å²) in [5.41, 5.74) is 8.81. The Kier molecular flexibility index (Phi) is 5.73. The molecule has 0 aromatic heterocycles. The first-order valence-electron chi connectivity index (χ1n) is 11.4. The Morgan fingerprint density at radius 3 is 1.44 bits per heavy atom. The van der Waals surface area contributed by atoms with Crippen molar-refractivity contribution >= 4 is 29.6 Å². The molecule has 166 valence electrons. The first kappa shape index (κ1) is 22.6. The molecule has 0 bridgehead atoms. The van der Waals surface area contributed by atoms with Gasteiger partial charge in [0, 0.05) is 11.4 Å². The first-order chi connectivity index (χ1) is 15.0. The van der Waals surface area contributed by atoms with Crippen LogP contribution in [0.15, 0.2) is 60.7 Å². The largest absolute Gasteiger partial charge is 0.494 e. The van der Waals surface area contributed by atoms with E-state index in [0.717, 1.165) is 5.46 Å². The number of para-hydroxylation sites is 2. The van der Waals surface area contributed by atoms with Crippen LogP contribution >= 0.6 is 0 Å². The Labute approximate surface area is 193 Å². The second-order valence-electron chi connectivity index (χ2n) is 10.00. The molecule has 0 unspecified atom stereocenters. The van der Waals surface area contributed by atoms with E-state index in [4.69, 9.17) is 9.31 Å². The maximum absolute atomic E-state index is 6.33. The van der Waals surface area contributed by atoms with Crippen molar-refractivity contribution < 1.29 is 9.31 Å². The van der Waals surface area contributed by atoms with Crippen molar-refractivity contribution in [2.45, 2.75) is 66.6 Å². The second-order valence-corrected chi connectivity index (χ2v) is 10.00. The van der Waals surface area contributed by atoms with Crippen LogP contribution in [0.3, 0.4) is 0 Å².